The Bertz CT molecular complexity index is 1070. The number of hydrogen-bond donors (Lipinski definition) is 0. The van der Waals surface area contributed by atoms with Gasteiger partial charge in [-0.2, -0.15) is 5.10 Å². The Hall–Kier alpha value is -2.93. The van der Waals surface area contributed by atoms with Gasteiger partial charge in [0.15, 0.2) is 0 Å². The van der Waals surface area contributed by atoms with E-state index in [1.165, 1.54) is 5.52 Å². The average molecular weight is 424 g/mol. The zero-order valence-corrected chi connectivity index (χ0v) is 16.4. The fourth-order valence-corrected chi connectivity index (χ4v) is 3.34. The summed E-state index contributed by atoms with van der Waals surface area (Å²) >= 11 is 3.44. The Balaban J connectivity index is 1.58. The third-order valence-electron chi connectivity index (χ3n) is 4.40. The Morgan fingerprint density at radius 3 is 2.59 bits per heavy atom. The molecule has 0 spiro atoms. The van der Waals surface area contributed by atoms with Gasteiger partial charge in [-0.1, -0.05) is 34.1 Å². The lowest BCUT2D eigenvalue weighted by molar-refractivity contribution is 0.299. The molecule has 0 bridgehead atoms. The molecule has 6 nitrogen and oxygen atoms in total. The first kappa shape index (κ1) is 17.5. The SMILES string of the molecule is Cc1c(/C=N/n2cnnc2)c2ccccc2n1CCOc1ccc(Br)cc1. The van der Waals surface area contributed by atoms with Crippen LogP contribution in [0.25, 0.3) is 10.9 Å². The van der Waals surface area contributed by atoms with E-state index in [1.807, 2.05) is 36.5 Å². The van der Waals surface area contributed by atoms with E-state index in [1.54, 1.807) is 17.3 Å². The van der Waals surface area contributed by atoms with Gasteiger partial charge in [0.2, 0.25) is 0 Å². The van der Waals surface area contributed by atoms with Crippen molar-refractivity contribution in [2.24, 2.45) is 5.10 Å². The molecule has 136 valence electrons. The maximum atomic E-state index is 5.90. The highest BCUT2D eigenvalue weighted by Crippen LogP contribution is 2.25. The fourth-order valence-electron chi connectivity index (χ4n) is 3.07. The predicted molar refractivity (Wildman–Crippen MR) is 109 cm³/mol. The highest BCUT2D eigenvalue weighted by Gasteiger charge is 2.12. The number of hydrogen-bond acceptors (Lipinski definition) is 4. The molecule has 0 aliphatic carbocycles. The molecule has 0 aliphatic heterocycles. The minimum atomic E-state index is 0.586. The zero-order chi connectivity index (χ0) is 18.6. The van der Waals surface area contributed by atoms with Crippen LogP contribution in [-0.4, -0.2) is 32.3 Å². The molecule has 0 fully saturated rings. The van der Waals surface area contributed by atoms with Gasteiger partial charge in [0.05, 0.1) is 12.8 Å². The van der Waals surface area contributed by atoms with E-state index in [0.717, 1.165) is 33.4 Å². The van der Waals surface area contributed by atoms with E-state index in [0.29, 0.717) is 6.61 Å². The van der Waals surface area contributed by atoms with E-state index in [2.05, 4.69) is 60.9 Å². The van der Waals surface area contributed by atoms with Crippen LogP contribution in [0, 0.1) is 6.92 Å². The molecule has 0 unspecified atom stereocenters. The van der Waals surface area contributed by atoms with Gasteiger partial charge in [-0.25, -0.2) is 4.68 Å². The standard InChI is InChI=1S/C20H18BrN5O/c1-15-19(12-24-25-13-22-23-14-25)18-4-2-3-5-20(18)26(15)10-11-27-17-8-6-16(21)7-9-17/h2-9,12-14H,10-11H2,1H3/b24-12+. The summed E-state index contributed by atoms with van der Waals surface area (Å²) in [5.74, 6) is 0.863. The molecule has 0 amide bonds. The molecule has 2 heterocycles. The minimum absolute atomic E-state index is 0.586. The first-order valence-electron chi connectivity index (χ1n) is 8.57. The van der Waals surface area contributed by atoms with E-state index in [4.69, 9.17) is 4.74 Å². The lowest BCUT2D eigenvalue weighted by atomic mass is 10.1. The monoisotopic (exact) mass is 423 g/mol. The normalized spacial score (nSPS) is 11.5. The average Bonchev–Trinajstić information content (AvgIpc) is 3.29. The molecule has 4 aromatic rings. The van der Waals surface area contributed by atoms with Gasteiger partial charge in [-0.05, 0) is 37.3 Å². The summed E-state index contributed by atoms with van der Waals surface area (Å²) in [4.78, 5) is 0. The van der Waals surface area contributed by atoms with Gasteiger partial charge in [0.25, 0.3) is 0 Å². The van der Waals surface area contributed by atoms with Crippen molar-refractivity contribution in [3.05, 3.63) is 76.9 Å². The number of para-hydroxylation sites is 1. The summed E-state index contributed by atoms with van der Waals surface area (Å²) in [5.41, 5.74) is 3.40. The van der Waals surface area contributed by atoms with Crippen LogP contribution >= 0.6 is 15.9 Å². The molecule has 0 radical (unpaired) electrons. The van der Waals surface area contributed by atoms with Crippen molar-refractivity contribution in [2.45, 2.75) is 13.5 Å². The van der Waals surface area contributed by atoms with E-state index >= 15 is 0 Å². The third-order valence-corrected chi connectivity index (χ3v) is 4.93. The highest BCUT2D eigenvalue weighted by atomic mass is 79.9. The van der Waals surface area contributed by atoms with Gasteiger partial charge >= 0.3 is 0 Å². The van der Waals surface area contributed by atoms with E-state index in [9.17, 15) is 0 Å². The zero-order valence-electron chi connectivity index (χ0n) is 14.8. The lowest BCUT2D eigenvalue weighted by Crippen LogP contribution is -2.09. The van der Waals surface area contributed by atoms with Crippen molar-refractivity contribution < 1.29 is 4.74 Å². The van der Waals surface area contributed by atoms with Crippen molar-refractivity contribution in [1.82, 2.24) is 19.4 Å². The largest absolute Gasteiger partial charge is 0.492 e. The lowest BCUT2D eigenvalue weighted by Gasteiger charge is -2.10. The number of fused-ring (bicyclic) bond motifs is 1. The minimum Gasteiger partial charge on any atom is -0.492 e. The molecule has 7 heteroatoms. The van der Waals surface area contributed by atoms with Crippen molar-refractivity contribution in [2.75, 3.05) is 6.61 Å². The predicted octanol–water partition coefficient (Wildman–Crippen LogP) is 4.26. The molecule has 0 N–H and O–H groups in total. The summed E-state index contributed by atoms with van der Waals surface area (Å²) in [5, 5.41) is 13.1. The van der Waals surface area contributed by atoms with Crippen LogP contribution in [0.2, 0.25) is 0 Å². The molecule has 4 rings (SSSR count). The maximum absolute atomic E-state index is 5.90. The fraction of sp³-hybridized carbons (Fsp3) is 0.150. The van der Waals surface area contributed by atoms with Gasteiger partial charge in [0.1, 0.15) is 25.0 Å². The molecule has 2 aromatic heterocycles. The summed E-state index contributed by atoms with van der Waals surface area (Å²) in [6.07, 6.45) is 4.99. The maximum Gasteiger partial charge on any atom is 0.141 e. The van der Waals surface area contributed by atoms with Crippen LogP contribution in [0.15, 0.2) is 70.8 Å². The third kappa shape index (κ3) is 3.78. The molecule has 0 saturated heterocycles. The number of aromatic nitrogens is 4. The Kier molecular flexibility index (Phi) is 5.02. The molecule has 0 atom stereocenters. The smallest absolute Gasteiger partial charge is 0.141 e. The van der Waals surface area contributed by atoms with Crippen molar-refractivity contribution in [3.63, 3.8) is 0 Å². The summed E-state index contributed by atoms with van der Waals surface area (Å²) < 4.78 is 10.8. The van der Waals surface area contributed by atoms with Crippen molar-refractivity contribution in [1.29, 1.82) is 0 Å². The quantitative estimate of drug-likeness (QED) is 0.435. The van der Waals surface area contributed by atoms with Crippen LogP contribution in [0.4, 0.5) is 0 Å². The van der Waals surface area contributed by atoms with Crippen molar-refractivity contribution in [3.8, 4) is 5.75 Å². The second kappa shape index (κ2) is 7.75. The molecule has 27 heavy (non-hydrogen) atoms. The number of benzene rings is 2. The number of nitrogens with zero attached hydrogens (tertiary/aromatic N) is 5. The Morgan fingerprint density at radius 1 is 1.07 bits per heavy atom. The van der Waals surface area contributed by atoms with Crippen LogP contribution in [0.5, 0.6) is 5.75 Å². The van der Waals surface area contributed by atoms with Crippen molar-refractivity contribution >= 4 is 33.0 Å². The second-order valence-corrected chi connectivity index (χ2v) is 6.97. The first-order valence-corrected chi connectivity index (χ1v) is 9.37. The molecule has 0 aliphatic rings. The summed E-state index contributed by atoms with van der Waals surface area (Å²) in [6.45, 7) is 3.44. The van der Waals surface area contributed by atoms with E-state index in [-0.39, 0.29) is 0 Å². The molecule has 0 saturated carbocycles. The summed E-state index contributed by atoms with van der Waals surface area (Å²) in [7, 11) is 0. The van der Waals surface area contributed by atoms with Gasteiger partial charge in [0, 0.05) is 26.6 Å². The molecular formula is C20H18BrN5O. The number of ether oxygens (including phenoxy) is 1. The van der Waals surface area contributed by atoms with Gasteiger partial charge in [-0.15, -0.1) is 10.2 Å². The van der Waals surface area contributed by atoms with Gasteiger partial charge in [-0.3, -0.25) is 0 Å². The summed E-state index contributed by atoms with van der Waals surface area (Å²) in [6, 6.07) is 16.2. The van der Waals surface area contributed by atoms with Crippen LogP contribution < -0.4 is 4.74 Å². The first-order chi connectivity index (χ1) is 13.2. The second-order valence-electron chi connectivity index (χ2n) is 6.06. The topological polar surface area (TPSA) is 57.2 Å². The van der Waals surface area contributed by atoms with Crippen LogP contribution in [0.3, 0.4) is 0 Å². The molecule has 2 aromatic carbocycles. The highest BCUT2D eigenvalue weighted by molar-refractivity contribution is 9.10. The molecular weight excluding hydrogens is 406 g/mol. The number of rotatable bonds is 6. The van der Waals surface area contributed by atoms with Crippen LogP contribution in [-0.2, 0) is 6.54 Å². The van der Waals surface area contributed by atoms with E-state index < -0.39 is 0 Å². The van der Waals surface area contributed by atoms with Crippen LogP contribution in [0.1, 0.15) is 11.3 Å². The Labute approximate surface area is 165 Å². The number of halogens is 1. The van der Waals surface area contributed by atoms with Gasteiger partial charge < -0.3 is 9.30 Å². The Morgan fingerprint density at radius 2 is 1.81 bits per heavy atom.